The molecule has 0 radical (unpaired) electrons. The predicted octanol–water partition coefficient (Wildman–Crippen LogP) is 1.93. The van der Waals surface area contributed by atoms with Gasteiger partial charge >= 0.3 is 0 Å². The molecule has 2 N–H and O–H groups in total. The van der Waals surface area contributed by atoms with Gasteiger partial charge in [0.15, 0.2) is 0 Å². The van der Waals surface area contributed by atoms with Crippen LogP contribution in [-0.2, 0) is 6.54 Å². The Morgan fingerprint density at radius 1 is 1.47 bits per heavy atom. The molecule has 0 amide bonds. The molecule has 0 aliphatic heterocycles. The summed E-state index contributed by atoms with van der Waals surface area (Å²) in [5.74, 6) is 0.774. The quantitative estimate of drug-likeness (QED) is 0.833. The zero-order valence-electron chi connectivity index (χ0n) is 8.79. The smallest absolute Gasteiger partial charge is 0.120 e. The fourth-order valence-electron chi connectivity index (χ4n) is 1.18. The molecule has 0 atom stereocenters. The number of rotatable bonds is 6. The Bertz CT molecular complexity index is 305. The standard InChI is InChI=1S/C11H16BrNO2/c1-2-13-8-9-3-4-10(7-11(9)12)15-6-5-14/h3-4,7,13-14H,2,5-6,8H2,1H3. The highest BCUT2D eigenvalue weighted by Crippen LogP contribution is 2.22. The third-order valence-electron chi connectivity index (χ3n) is 1.95. The Labute approximate surface area is 98.6 Å². The second-order valence-electron chi connectivity index (χ2n) is 3.11. The maximum absolute atomic E-state index is 8.62. The van der Waals surface area contributed by atoms with Crippen LogP contribution in [-0.4, -0.2) is 24.9 Å². The average Bonchev–Trinajstić information content (AvgIpc) is 2.25. The summed E-state index contributed by atoms with van der Waals surface area (Å²) in [6.45, 7) is 4.24. The molecule has 0 spiro atoms. The monoisotopic (exact) mass is 273 g/mol. The summed E-state index contributed by atoms with van der Waals surface area (Å²) in [5.41, 5.74) is 1.20. The molecule has 84 valence electrons. The van der Waals surface area contributed by atoms with Crippen LogP contribution in [0.15, 0.2) is 22.7 Å². The van der Waals surface area contributed by atoms with Gasteiger partial charge in [-0.1, -0.05) is 28.9 Å². The van der Waals surface area contributed by atoms with E-state index in [1.54, 1.807) is 0 Å². The zero-order valence-corrected chi connectivity index (χ0v) is 10.4. The van der Waals surface area contributed by atoms with E-state index < -0.39 is 0 Å². The number of nitrogens with one attached hydrogen (secondary N) is 1. The third kappa shape index (κ3) is 4.20. The van der Waals surface area contributed by atoms with Gasteiger partial charge in [-0.3, -0.25) is 0 Å². The number of hydrogen-bond donors (Lipinski definition) is 2. The Balaban J connectivity index is 2.61. The van der Waals surface area contributed by atoms with Crippen LogP contribution in [0.1, 0.15) is 12.5 Å². The first-order valence-corrected chi connectivity index (χ1v) is 5.80. The lowest BCUT2D eigenvalue weighted by Crippen LogP contribution is -2.12. The highest BCUT2D eigenvalue weighted by molar-refractivity contribution is 9.10. The SMILES string of the molecule is CCNCc1ccc(OCCO)cc1Br. The van der Waals surface area contributed by atoms with E-state index in [1.807, 2.05) is 18.2 Å². The fourth-order valence-corrected chi connectivity index (χ4v) is 1.68. The van der Waals surface area contributed by atoms with Gasteiger partial charge in [-0.15, -0.1) is 0 Å². The van der Waals surface area contributed by atoms with E-state index in [2.05, 4.69) is 28.2 Å². The molecular formula is C11H16BrNO2. The van der Waals surface area contributed by atoms with Crippen molar-refractivity contribution in [3.05, 3.63) is 28.2 Å². The second-order valence-corrected chi connectivity index (χ2v) is 3.96. The largest absolute Gasteiger partial charge is 0.491 e. The van der Waals surface area contributed by atoms with Crippen molar-refractivity contribution in [1.82, 2.24) is 5.32 Å². The predicted molar refractivity (Wildman–Crippen MR) is 64.1 cm³/mol. The van der Waals surface area contributed by atoms with E-state index in [0.717, 1.165) is 23.3 Å². The number of aliphatic hydroxyl groups is 1. The summed E-state index contributed by atoms with van der Waals surface area (Å²) in [5, 5.41) is 11.9. The third-order valence-corrected chi connectivity index (χ3v) is 2.69. The van der Waals surface area contributed by atoms with E-state index in [-0.39, 0.29) is 6.61 Å². The van der Waals surface area contributed by atoms with Gasteiger partial charge in [0.05, 0.1) is 6.61 Å². The van der Waals surface area contributed by atoms with Crippen LogP contribution in [0.4, 0.5) is 0 Å². The van der Waals surface area contributed by atoms with Crippen molar-refractivity contribution in [3.8, 4) is 5.75 Å². The summed E-state index contributed by atoms with van der Waals surface area (Å²) in [6.07, 6.45) is 0. The molecule has 1 aromatic rings. The highest BCUT2D eigenvalue weighted by Gasteiger charge is 2.01. The minimum absolute atomic E-state index is 0.0385. The van der Waals surface area contributed by atoms with Crippen molar-refractivity contribution in [2.24, 2.45) is 0 Å². The van der Waals surface area contributed by atoms with Crippen molar-refractivity contribution in [2.45, 2.75) is 13.5 Å². The lowest BCUT2D eigenvalue weighted by atomic mass is 10.2. The maximum Gasteiger partial charge on any atom is 0.120 e. The molecule has 1 rings (SSSR count). The van der Waals surface area contributed by atoms with Crippen molar-refractivity contribution in [1.29, 1.82) is 0 Å². The maximum atomic E-state index is 8.62. The number of ether oxygens (including phenoxy) is 1. The van der Waals surface area contributed by atoms with Gasteiger partial charge in [-0.05, 0) is 24.2 Å². The minimum Gasteiger partial charge on any atom is -0.491 e. The van der Waals surface area contributed by atoms with Crippen LogP contribution < -0.4 is 10.1 Å². The van der Waals surface area contributed by atoms with Gasteiger partial charge in [0.2, 0.25) is 0 Å². The lowest BCUT2D eigenvalue weighted by molar-refractivity contribution is 0.201. The van der Waals surface area contributed by atoms with Gasteiger partial charge in [0, 0.05) is 11.0 Å². The number of aliphatic hydroxyl groups excluding tert-OH is 1. The first kappa shape index (κ1) is 12.5. The Morgan fingerprint density at radius 3 is 2.87 bits per heavy atom. The Kier molecular flexibility index (Phi) is 5.68. The van der Waals surface area contributed by atoms with Crippen molar-refractivity contribution in [2.75, 3.05) is 19.8 Å². The number of halogens is 1. The van der Waals surface area contributed by atoms with Gasteiger partial charge in [-0.2, -0.15) is 0 Å². The number of benzene rings is 1. The lowest BCUT2D eigenvalue weighted by Gasteiger charge is -2.08. The van der Waals surface area contributed by atoms with Crippen molar-refractivity contribution >= 4 is 15.9 Å². The van der Waals surface area contributed by atoms with E-state index >= 15 is 0 Å². The van der Waals surface area contributed by atoms with E-state index in [9.17, 15) is 0 Å². The average molecular weight is 274 g/mol. The molecule has 0 unspecified atom stereocenters. The topological polar surface area (TPSA) is 41.5 Å². The van der Waals surface area contributed by atoms with Crippen LogP contribution in [0.2, 0.25) is 0 Å². The van der Waals surface area contributed by atoms with Crippen LogP contribution in [0, 0.1) is 0 Å². The van der Waals surface area contributed by atoms with E-state index in [0.29, 0.717) is 6.61 Å². The fraction of sp³-hybridized carbons (Fsp3) is 0.455. The van der Waals surface area contributed by atoms with E-state index in [4.69, 9.17) is 9.84 Å². The molecule has 3 nitrogen and oxygen atoms in total. The second kappa shape index (κ2) is 6.82. The molecule has 0 bridgehead atoms. The molecule has 4 heteroatoms. The van der Waals surface area contributed by atoms with Gasteiger partial charge in [0.1, 0.15) is 12.4 Å². The highest BCUT2D eigenvalue weighted by atomic mass is 79.9. The minimum atomic E-state index is 0.0385. The van der Waals surface area contributed by atoms with Gasteiger partial charge in [0.25, 0.3) is 0 Å². The molecule has 0 saturated carbocycles. The summed E-state index contributed by atoms with van der Waals surface area (Å²) in [4.78, 5) is 0. The molecule has 0 saturated heterocycles. The normalized spacial score (nSPS) is 10.3. The molecule has 0 heterocycles. The van der Waals surface area contributed by atoms with Gasteiger partial charge < -0.3 is 15.2 Å². The molecule has 0 aromatic heterocycles. The van der Waals surface area contributed by atoms with Crippen molar-refractivity contribution < 1.29 is 9.84 Å². The molecular weight excluding hydrogens is 258 g/mol. The summed E-state index contributed by atoms with van der Waals surface area (Å²) < 4.78 is 6.32. The van der Waals surface area contributed by atoms with Crippen LogP contribution in [0.5, 0.6) is 5.75 Å². The Morgan fingerprint density at radius 2 is 2.27 bits per heavy atom. The molecule has 0 fully saturated rings. The first-order valence-electron chi connectivity index (χ1n) is 5.00. The first-order chi connectivity index (χ1) is 7.27. The van der Waals surface area contributed by atoms with Crippen LogP contribution in [0.3, 0.4) is 0 Å². The Hall–Kier alpha value is -0.580. The number of hydrogen-bond acceptors (Lipinski definition) is 3. The molecule has 0 aliphatic rings. The van der Waals surface area contributed by atoms with Crippen molar-refractivity contribution in [3.63, 3.8) is 0 Å². The van der Waals surface area contributed by atoms with Crippen LogP contribution in [0.25, 0.3) is 0 Å². The van der Waals surface area contributed by atoms with Gasteiger partial charge in [-0.25, -0.2) is 0 Å². The zero-order chi connectivity index (χ0) is 11.1. The summed E-state index contributed by atoms with van der Waals surface area (Å²) in [7, 11) is 0. The summed E-state index contributed by atoms with van der Waals surface area (Å²) in [6, 6.07) is 5.84. The molecule has 0 aliphatic carbocycles. The summed E-state index contributed by atoms with van der Waals surface area (Å²) >= 11 is 3.49. The molecule has 1 aromatic carbocycles. The molecule has 15 heavy (non-hydrogen) atoms. The van der Waals surface area contributed by atoms with Crippen LogP contribution >= 0.6 is 15.9 Å². The van der Waals surface area contributed by atoms with E-state index in [1.165, 1.54) is 5.56 Å².